The lowest BCUT2D eigenvalue weighted by Gasteiger charge is -2.23. The maximum atomic E-state index is 8.94. The van der Waals surface area contributed by atoms with Crippen molar-refractivity contribution in [3.63, 3.8) is 0 Å². The molecule has 0 spiro atoms. The number of nitriles is 1. The van der Waals surface area contributed by atoms with E-state index in [0.29, 0.717) is 0 Å². The highest BCUT2D eigenvalue weighted by molar-refractivity contribution is 5.57. The van der Waals surface area contributed by atoms with Crippen molar-refractivity contribution < 1.29 is 4.74 Å². The molecule has 0 fully saturated rings. The maximum absolute atomic E-state index is 8.94. The summed E-state index contributed by atoms with van der Waals surface area (Å²) < 4.78 is 5.29. The van der Waals surface area contributed by atoms with Gasteiger partial charge in [-0.15, -0.1) is 0 Å². The van der Waals surface area contributed by atoms with Gasteiger partial charge in [-0.2, -0.15) is 5.26 Å². The highest BCUT2D eigenvalue weighted by Gasteiger charge is 2.12. The van der Waals surface area contributed by atoms with Gasteiger partial charge in [-0.1, -0.05) is 19.1 Å². The van der Waals surface area contributed by atoms with Crippen LogP contribution in [0.2, 0.25) is 0 Å². The number of hydrogen-bond donors (Lipinski definition) is 0. The number of rotatable bonds is 5. The fourth-order valence-electron chi connectivity index (χ4n) is 1.64. The van der Waals surface area contributed by atoms with Crippen LogP contribution in [0.25, 0.3) is 0 Å². The smallest absolute Gasteiger partial charge is 0.142 e. The molecule has 0 saturated carbocycles. The van der Waals surface area contributed by atoms with Crippen LogP contribution in [-0.4, -0.2) is 20.7 Å². The van der Waals surface area contributed by atoms with Crippen molar-refractivity contribution in [2.75, 3.05) is 25.6 Å². The SMILES string of the molecule is CCC(C#N)CN(C)c1ccccc1OC. The minimum Gasteiger partial charge on any atom is -0.495 e. The summed E-state index contributed by atoms with van der Waals surface area (Å²) in [7, 11) is 3.64. The van der Waals surface area contributed by atoms with Gasteiger partial charge in [0.15, 0.2) is 0 Å². The Bertz CT molecular complexity index is 370. The van der Waals surface area contributed by atoms with Crippen LogP contribution in [-0.2, 0) is 0 Å². The number of methoxy groups -OCH3 is 1. The second-order valence-corrected chi connectivity index (χ2v) is 3.79. The zero-order valence-corrected chi connectivity index (χ0v) is 10.1. The lowest BCUT2D eigenvalue weighted by atomic mass is 10.1. The van der Waals surface area contributed by atoms with Crippen molar-refractivity contribution in [2.45, 2.75) is 13.3 Å². The molecule has 0 heterocycles. The minimum absolute atomic E-state index is 0.0647. The van der Waals surface area contributed by atoms with Crippen LogP contribution in [0.5, 0.6) is 5.75 Å². The van der Waals surface area contributed by atoms with Gasteiger partial charge in [-0.25, -0.2) is 0 Å². The molecule has 1 atom stereocenters. The van der Waals surface area contributed by atoms with Crippen LogP contribution < -0.4 is 9.64 Å². The highest BCUT2D eigenvalue weighted by atomic mass is 16.5. The zero-order chi connectivity index (χ0) is 12.0. The third-order valence-corrected chi connectivity index (χ3v) is 2.67. The van der Waals surface area contributed by atoms with E-state index in [1.54, 1.807) is 7.11 Å². The van der Waals surface area contributed by atoms with E-state index in [9.17, 15) is 0 Å². The fraction of sp³-hybridized carbons (Fsp3) is 0.462. The van der Waals surface area contributed by atoms with Gasteiger partial charge >= 0.3 is 0 Å². The summed E-state index contributed by atoms with van der Waals surface area (Å²) in [5, 5.41) is 8.94. The Labute approximate surface area is 97.3 Å². The molecule has 1 rings (SSSR count). The van der Waals surface area contributed by atoms with Crippen molar-refractivity contribution in [2.24, 2.45) is 5.92 Å². The first-order chi connectivity index (χ1) is 7.72. The minimum atomic E-state index is 0.0647. The Morgan fingerprint density at radius 3 is 2.69 bits per heavy atom. The summed E-state index contributed by atoms with van der Waals surface area (Å²) in [6, 6.07) is 10.2. The number of anilines is 1. The molecule has 0 saturated heterocycles. The van der Waals surface area contributed by atoms with Gasteiger partial charge in [0.05, 0.1) is 24.8 Å². The first-order valence-corrected chi connectivity index (χ1v) is 5.46. The van der Waals surface area contributed by atoms with E-state index in [-0.39, 0.29) is 5.92 Å². The molecule has 0 aromatic heterocycles. The Hall–Kier alpha value is -1.69. The maximum Gasteiger partial charge on any atom is 0.142 e. The largest absolute Gasteiger partial charge is 0.495 e. The summed E-state index contributed by atoms with van der Waals surface area (Å²) in [4.78, 5) is 2.07. The van der Waals surface area contributed by atoms with Gasteiger partial charge in [-0.3, -0.25) is 0 Å². The molecule has 0 radical (unpaired) electrons. The summed E-state index contributed by atoms with van der Waals surface area (Å²) in [5.74, 6) is 0.910. The molecule has 0 aliphatic rings. The van der Waals surface area contributed by atoms with Gasteiger partial charge in [0.25, 0.3) is 0 Å². The topological polar surface area (TPSA) is 36.3 Å². The highest BCUT2D eigenvalue weighted by Crippen LogP contribution is 2.27. The second-order valence-electron chi connectivity index (χ2n) is 3.79. The third kappa shape index (κ3) is 2.90. The summed E-state index contributed by atoms with van der Waals surface area (Å²) in [5.41, 5.74) is 1.03. The van der Waals surface area contributed by atoms with Gasteiger partial charge in [0.1, 0.15) is 5.75 Å². The molecule has 3 heteroatoms. The molecule has 16 heavy (non-hydrogen) atoms. The first-order valence-electron chi connectivity index (χ1n) is 5.46. The number of ether oxygens (including phenoxy) is 1. The van der Waals surface area contributed by atoms with E-state index >= 15 is 0 Å². The van der Waals surface area contributed by atoms with Crippen LogP contribution in [0, 0.1) is 17.2 Å². The van der Waals surface area contributed by atoms with Crippen molar-refractivity contribution >= 4 is 5.69 Å². The number of para-hydroxylation sites is 2. The van der Waals surface area contributed by atoms with E-state index in [4.69, 9.17) is 10.00 Å². The normalized spacial score (nSPS) is 11.6. The molecule has 1 aromatic rings. The van der Waals surface area contributed by atoms with Crippen molar-refractivity contribution in [3.8, 4) is 11.8 Å². The molecule has 1 unspecified atom stereocenters. The van der Waals surface area contributed by atoms with Crippen LogP contribution in [0.3, 0.4) is 0 Å². The van der Waals surface area contributed by atoms with Crippen molar-refractivity contribution in [1.29, 1.82) is 5.26 Å². The molecule has 1 aromatic carbocycles. The molecule has 86 valence electrons. The van der Waals surface area contributed by atoms with E-state index in [1.807, 2.05) is 38.2 Å². The van der Waals surface area contributed by atoms with E-state index in [0.717, 1.165) is 24.4 Å². The van der Waals surface area contributed by atoms with Crippen molar-refractivity contribution in [1.82, 2.24) is 0 Å². The monoisotopic (exact) mass is 218 g/mol. The van der Waals surface area contributed by atoms with Crippen LogP contribution in [0.1, 0.15) is 13.3 Å². The van der Waals surface area contributed by atoms with Gasteiger partial charge in [-0.05, 0) is 18.6 Å². The lowest BCUT2D eigenvalue weighted by Crippen LogP contribution is -2.24. The summed E-state index contributed by atoms with van der Waals surface area (Å²) >= 11 is 0. The molecular weight excluding hydrogens is 200 g/mol. The van der Waals surface area contributed by atoms with E-state index < -0.39 is 0 Å². The molecule has 0 aliphatic carbocycles. The predicted octanol–water partition coefficient (Wildman–Crippen LogP) is 2.68. The fourth-order valence-corrected chi connectivity index (χ4v) is 1.64. The van der Waals surface area contributed by atoms with Crippen LogP contribution >= 0.6 is 0 Å². The summed E-state index contributed by atoms with van der Waals surface area (Å²) in [6.07, 6.45) is 0.871. The standard InChI is InChI=1S/C13H18N2O/c1-4-11(9-14)10-15(2)12-7-5-6-8-13(12)16-3/h5-8,11H,4,10H2,1-3H3. The van der Waals surface area contributed by atoms with Crippen molar-refractivity contribution in [3.05, 3.63) is 24.3 Å². The third-order valence-electron chi connectivity index (χ3n) is 2.67. The molecule has 0 bridgehead atoms. The van der Waals surface area contributed by atoms with Gasteiger partial charge in [0, 0.05) is 13.6 Å². The van der Waals surface area contributed by atoms with Gasteiger partial charge in [0.2, 0.25) is 0 Å². The van der Waals surface area contributed by atoms with Crippen LogP contribution in [0.15, 0.2) is 24.3 Å². The molecule has 3 nitrogen and oxygen atoms in total. The molecule has 0 aliphatic heterocycles. The van der Waals surface area contributed by atoms with Crippen LogP contribution in [0.4, 0.5) is 5.69 Å². The Kier molecular flexibility index (Phi) is 4.65. The zero-order valence-electron chi connectivity index (χ0n) is 10.1. The quantitative estimate of drug-likeness (QED) is 0.762. The predicted molar refractivity (Wildman–Crippen MR) is 65.7 cm³/mol. The average Bonchev–Trinajstić information content (AvgIpc) is 2.35. The Morgan fingerprint density at radius 2 is 2.12 bits per heavy atom. The summed E-state index contributed by atoms with van der Waals surface area (Å²) in [6.45, 7) is 2.76. The number of nitrogens with zero attached hydrogens (tertiary/aromatic N) is 2. The first kappa shape index (κ1) is 12.4. The molecular formula is C13H18N2O. The molecule has 0 amide bonds. The Balaban J connectivity index is 2.80. The number of benzene rings is 1. The molecule has 0 N–H and O–H groups in total. The average molecular weight is 218 g/mol. The second kappa shape index (κ2) is 6.02. The van der Waals surface area contributed by atoms with Gasteiger partial charge < -0.3 is 9.64 Å². The lowest BCUT2D eigenvalue weighted by molar-refractivity contribution is 0.414. The Morgan fingerprint density at radius 1 is 1.44 bits per heavy atom. The van der Waals surface area contributed by atoms with E-state index in [1.165, 1.54) is 0 Å². The number of hydrogen-bond acceptors (Lipinski definition) is 3. The van der Waals surface area contributed by atoms with E-state index in [2.05, 4.69) is 11.0 Å².